The van der Waals surface area contributed by atoms with E-state index in [2.05, 4.69) is 46.2 Å². The van der Waals surface area contributed by atoms with E-state index < -0.39 is 0 Å². The largest absolute Gasteiger partial charge is 0.393 e. The molecule has 1 atom stereocenters. The first-order valence-corrected chi connectivity index (χ1v) is 7.82. The Kier molecular flexibility index (Phi) is 4.13. The van der Waals surface area contributed by atoms with E-state index in [1.165, 1.54) is 18.4 Å². The van der Waals surface area contributed by atoms with E-state index in [1.54, 1.807) is 6.33 Å². The molecule has 3 N–H and O–H groups in total. The molecule has 3 rings (SSSR count). The number of rotatable bonds is 3. The first kappa shape index (κ1) is 14.6. The molecule has 0 radical (unpaired) electrons. The van der Waals surface area contributed by atoms with Crippen LogP contribution in [0.2, 0.25) is 0 Å². The number of anilines is 4. The Morgan fingerprint density at radius 1 is 1.23 bits per heavy atom. The summed E-state index contributed by atoms with van der Waals surface area (Å²) in [6.07, 6.45) is 4.04. The molecule has 2 aromatic rings. The highest BCUT2D eigenvalue weighted by atomic mass is 15.2. The monoisotopic (exact) mass is 297 g/mol. The fourth-order valence-corrected chi connectivity index (χ4v) is 2.89. The second kappa shape index (κ2) is 6.22. The second-order valence-corrected chi connectivity index (χ2v) is 6.14. The summed E-state index contributed by atoms with van der Waals surface area (Å²) in [5.74, 6) is 2.19. The Morgan fingerprint density at radius 2 is 2.00 bits per heavy atom. The van der Waals surface area contributed by atoms with Gasteiger partial charge >= 0.3 is 0 Å². The van der Waals surface area contributed by atoms with Crippen LogP contribution in [0.3, 0.4) is 0 Å². The Balaban J connectivity index is 1.83. The van der Waals surface area contributed by atoms with Gasteiger partial charge in [-0.05, 0) is 37.8 Å². The first-order chi connectivity index (χ1) is 10.6. The number of hydrogen-bond acceptors (Lipinski definition) is 5. The van der Waals surface area contributed by atoms with Crippen molar-refractivity contribution < 1.29 is 0 Å². The summed E-state index contributed by atoms with van der Waals surface area (Å²) in [7, 11) is 0. The van der Waals surface area contributed by atoms with Crippen LogP contribution in [-0.2, 0) is 0 Å². The van der Waals surface area contributed by atoms with E-state index in [0.717, 1.165) is 24.6 Å². The number of aryl methyl sites for hydroxylation is 1. The van der Waals surface area contributed by atoms with Gasteiger partial charge in [0, 0.05) is 18.8 Å². The number of aromatic nitrogens is 2. The number of nitrogens with two attached hydrogens (primary N) is 1. The zero-order valence-corrected chi connectivity index (χ0v) is 13.2. The van der Waals surface area contributed by atoms with Crippen molar-refractivity contribution >= 4 is 23.0 Å². The lowest BCUT2D eigenvalue weighted by atomic mass is 10.0. The van der Waals surface area contributed by atoms with E-state index in [4.69, 9.17) is 5.73 Å². The van der Waals surface area contributed by atoms with E-state index in [0.29, 0.717) is 17.4 Å². The summed E-state index contributed by atoms with van der Waals surface area (Å²) < 4.78 is 0. The van der Waals surface area contributed by atoms with Gasteiger partial charge < -0.3 is 16.0 Å². The van der Waals surface area contributed by atoms with Crippen LogP contribution in [0.5, 0.6) is 0 Å². The highest BCUT2D eigenvalue weighted by molar-refractivity contribution is 5.78. The van der Waals surface area contributed by atoms with Gasteiger partial charge in [-0.1, -0.05) is 24.6 Å². The molecule has 1 unspecified atom stereocenters. The standard InChI is InChI=1S/C17H23N5/c1-12-5-7-14(8-6-12)21-16-15(18)17(20-11-19-16)22-9-3-4-13(2)10-22/h5-8,11,13H,3-4,9-10,18H2,1-2H3,(H,19,20,21). The predicted octanol–water partition coefficient (Wildman–Crippen LogP) is 3.35. The SMILES string of the molecule is Cc1ccc(Nc2ncnc(N3CCCC(C)C3)c2N)cc1. The molecule has 0 aliphatic carbocycles. The van der Waals surface area contributed by atoms with Gasteiger partial charge in [0.15, 0.2) is 11.6 Å². The number of benzene rings is 1. The minimum atomic E-state index is 0.622. The molecule has 0 spiro atoms. The maximum absolute atomic E-state index is 6.31. The third kappa shape index (κ3) is 3.13. The molecule has 1 saturated heterocycles. The summed E-state index contributed by atoms with van der Waals surface area (Å²) in [4.78, 5) is 11.0. The van der Waals surface area contributed by atoms with E-state index in [9.17, 15) is 0 Å². The average molecular weight is 297 g/mol. The molecule has 1 aliphatic rings. The molecule has 0 bridgehead atoms. The summed E-state index contributed by atoms with van der Waals surface area (Å²) in [5, 5.41) is 3.29. The molecule has 116 valence electrons. The van der Waals surface area contributed by atoms with Gasteiger partial charge in [0.2, 0.25) is 0 Å². The van der Waals surface area contributed by atoms with Crippen molar-refractivity contribution in [1.29, 1.82) is 0 Å². The van der Waals surface area contributed by atoms with Crippen molar-refractivity contribution in [2.75, 3.05) is 29.0 Å². The first-order valence-electron chi connectivity index (χ1n) is 7.82. The summed E-state index contributed by atoms with van der Waals surface area (Å²) >= 11 is 0. The smallest absolute Gasteiger partial charge is 0.159 e. The number of nitrogens with zero attached hydrogens (tertiary/aromatic N) is 3. The molecule has 2 heterocycles. The quantitative estimate of drug-likeness (QED) is 0.909. The molecule has 1 aromatic carbocycles. The molecular weight excluding hydrogens is 274 g/mol. The van der Waals surface area contributed by atoms with Gasteiger partial charge in [-0.3, -0.25) is 0 Å². The topological polar surface area (TPSA) is 67.1 Å². The van der Waals surface area contributed by atoms with Crippen LogP contribution in [0.4, 0.5) is 23.0 Å². The zero-order chi connectivity index (χ0) is 15.5. The molecule has 22 heavy (non-hydrogen) atoms. The third-order valence-electron chi connectivity index (χ3n) is 4.13. The lowest BCUT2D eigenvalue weighted by Gasteiger charge is -2.32. The fraction of sp³-hybridized carbons (Fsp3) is 0.412. The van der Waals surface area contributed by atoms with Gasteiger partial charge in [0.05, 0.1) is 0 Å². The van der Waals surface area contributed by atoms with Gasteiger partial charge in [0.25, 0.3) is 0 Å². The van der Waals surface area contributed by atoms with E-state index >= 15 is 0 Å². The number of piperidine rings is 1. The highest BCUT2D eigenvalue weighted by Gasteiger charge is 2.21. The number of hydrogen-bond donors (Lipinski definition) is 2. The fourth-order valence-electron chi connectivity index (χ4n) is 2.89. The Labute approximate surface area is 131 Å². The summed E-state index contributed by atoms with van der Waals surface area (Å²) in [6, 6.07) is 8.18. The molecule has 1 aliphatic heterocycles. The third-order valence-corrected chi connectivity index (χ3v) is 4.13. The van der Waals surface area contributed by atoms with Crippen LogP contribution in [0.15, 0.2) is 30.6 Å². The van der Waals surface area contributed by atoms with Crippen LogP contribution >= 0.6 is 0 Å². The number of nitrogen functional groups attached to an aromatic ring is 1. The maximum atomic E-state index is 6.31. The maximum Gasteiger partial charge on any atom is 0.159 e. The van der Waals surface area contributed by atoms with Gasteiger partial charge in [-0.15, -0.1) is 0 Å². The Bertz CT molecular complexity index is 638. The highest BCUT2D eigenvalue weighted by Crippen LogP contribution is 2.31. The zero-order valence-electron chi connectivity index (χ0n) is 13.2. The molecule has 1 fully saturated rings. The summed E-state index contributed by atoms with van der Waals surface area (Å²) in [5.41, 5.74) is 9.14. The van der Waals surface area contributed by atoms with Crippen LogP contribution in [0.1, 0.15) is 25.3 Å². The Hall–Kier alpha value is -2.30. The van der Waals surface area contributed by atoms with Gasteiger partial charge in [-0.25, -0.2) is 9.97 Å². The lowest BCUT2D eigenvalue weighted by molar-refractivity contribution is 0.445. The van der Waals surface area contributed by atoms with Crippen molar-refractivity contribution in [3.05, 3.63) is 36.2 Å². The molecule has 0 saturated carbocycles. The average Bonchev–Trinajstić information content (AvgIpc) is 2.51. The molecule has 5 nitrogen and oxygen atoms in total. The van der Waals surface area contributed by atoms with Crippen LogP contribution < -0.4 is 16.0 Å². The lowest BCUT2D eigenvalue weighted by Crippen LogP contribution is -2.35. The number of nitrogens with one attached hydrogen (secondary N) is 1. The van der Waals surface area contributed by atoms with Crippen molar-refractivity contribution in [2.24, 2.45) is 5.92 Å². The molecule has 0 amide bonds. The normalized spacial score (nSPS) is 18.3. The second-order valence-electron chi connectivity index (χ2n) is 6.14. The van der Waals surface area contributed by atoms with Crippen molar-refractivity contribution in [3.8, 4) is 0 Å². The van der Waals surface area contributed by atoms with Crippen LogP contribution in [0, 0.1) is 12.8 Å². The van der Waals surface area contributed by atoms with Crippen molar-refractivity contribution in [2.45, 2.75) is 26.7 Å². The van der Waals surface area contributed by atoms with E-state index in [1.807, 2.05) is 12.1 Å². The van der Waals surface area contributed by atoms with Crippen molar-refractivity contribution in [3.63, 3.8) is 0 Å². The van der Waals surface area contributed by atoms with Crippen molar-refractivity contribution in [1.82, 2.24) is 9.97 Å². The summed E-state index contributed by atoms with van der Waals surface area (Å²) in [6.45, 7) is 6.36. The molecule has 5 heteroatoms. The van der Waals surface area contributed by atoms with Crippen LogP contribution in [0.25, 0.3) is 0 Å². The molecule has 1 aromatic heterocycles. The minimum Gasteiger partial charge on any atom is -0.393 e. The predicted molar refractivity (Wildman–Crippen MR) is 91.5 cm³/mol. The van der Waals surface area contributed by atoms with Gasteiger partial charge in [-0.2, -0.15) is 0 Å². The Morgan fingerprint density at radius 3 is 2.73 bits per heavy atom. The van der Waals surface area contributed by atoms with Gasteiger partial charge in [0.1, 0.15) is 12.0 Å². The van der Waals surface area contributed by atoms with E-state index in [-0.39, 0.29) is 0 Å². The minimum absolute atomic E-state index is 0.622. The van der Waals surface area contributed by atoms with Crippen LogP contribution in [-0.4, -0.2) is 23.1 Å². The molecular formula is C17H23N5.